The van der Waals surface area contributed by atoms with Crippen LogP contribution in [-0.2, 0) is 4.79 Å². The molecule has 1 N–H and O–H groups in total. The molecule has 0 bridgehead atoms. The minimum atomic E-state index is -0.416. The van der Waals surface area contributed by atoms with Crippen LogP contribution in [0.3, 0.4) is 0 Å². The first kappa shape index (κ1) is 13.1. The number of carbonyl (C=O) groups is 1. The second-order valence-electron chi connectivity index (χ2n) is 5.09. The van der Waals surface area contributed by atoms with E-state index in [0.717, 1.165) is 5.56 Å². The maximum Gasteiger partial charge on any atom is 0.279 e. The summed E-state index contributed by atoms with van der Waals surface area (Å²) in [5.41, 5.74) is 0.820. The first-order valence-corrected chi connectivity index (χ1v) is 7.56. The second kappa shape index (κ2) is 4.74. The summed E-state index contributed by atoms with van der Waals surface area (Å²) in [7, 11) is 0. The van der Waals surface area contributed by atoms with E-state index in [-0.39, 0.29) is 23.7 Å². The van der Waals surface area contributed by atoms with Crippen molar-refractivity contribution in [2.45, 2.75) is 12.3 Å². The largest absolute Gasteiger partial charge is 0.311 e. The van der Waals surface area contributed by atoms with E-state index in [9.17, 15) is 14.0 Å². The second-order valence-corrected chi connectivity index (χ2v) is 5.96. The van der Waals surface area contributed by atoms with E-state index >= 15 is 0 Å². The van der Waals surface area contributed by atoms with E-state index in [2.05, 4.69) is 10.3 Å². The fraction of sp³-hybridized carbons (Fsp3) is 0.133. The molecule has 1 aromatic carbocycles. The van der Waals surface area contributed by atoms with Gasteiger partial charge in [-0.2, -0.15) is 4.98 Å². The first-order valence-electron chi connectivity index (χ1n) is 6.68. The van der Waals surface area contributed by atoms with Crippen molar-refractivity contribution in [3.8, 4) is 0 Å². The monoisotopic (exact) mass is 315 g/mol. The number of hydrogen-bond donors (Lipinski definition) is 1. The predicted octanol–water partition coefficient (Wildman–Crippen LogP) is 2.37. The van der Waals surface area contributed by atoms with Crippen LogP contribution in [0, 0.1) is 5.82 Å². The van der Waals surface area contributed by atoms with Gasteiger partial charge in [-0.3, -0.25) is 14.0 Å². The number of benzene rings is 1. The minimum Gasteiger partial charge on any atom is -0.311 e. The van der Waals surface area contributed by atoms with Crippen LogP contribution in [0.4, 0.5) is 10.2 Å². The Morgan fingerprint density at radius 1 is 1.27 bits per heavy atom. The van der Waals surface area contributed by atoms with Gasteiger partial charge in [-0.05, 0) is 17.7 Å². The van der Waals surface area contributed by atoms with E-state index in [1.54, 1.807) is 28.1 Å². The number of nitrogens with zero attached hydrogens (tertiary/aromatic N) is 2. The van der Waals surface area contributed by atoms with Crippen molar-refractivity contribution in [2.75, 3.05) is 5.32 Å². The summed E-state index contributed by atoms with van der Waals surface area (Å²) in [6.45, 7) is 0. The lowest BCUT2D eigenvalue weighted by atomic mass is 9.87. The van der Waals surface area contributed by atoms with Crippen molar-refractivity contribution >= 4 is 28.0 Å². The average molecular weight is 315 g/mol. The number of amides is 1. The zero-order valence-electron chi connectivity index (χ0n) is 11.2. The smallest absolute Gasteiger partial charge is 0.279 e. The highest BCUT2D eigenvalue weighted by Crippen LogP contribution is 2.35. The van der Waals surface area contributed by atoms with E-state index in [0.29, 0.717) is 16.3 Å². The summed E-state index contributed by atoms with van der Waals surface area (Å²) in [6.07, 6.45) is 1.91. The minimum absolute atomic E-state index is 0.145. The van der Waals surface area contributed by atoms with Gasteiger partial charge in [0.15, 0.2) is 4.96 Å². The number of anilines is 1. The van der Waals surface area contributed by atoms with Crippen molar-refractivity contribution in [2.24, 2.45) is 0 Å². The molecule has 2 aromatic heterocycles. The van der Waals surface area contributed by atoms with E-state index in [1.165, 1.54) is 23.5 Å². The average Bonchev–Trinajstić information content (AvgIpc) is 2.95. The molecule has 5 nitrogen and oxygen atoms in total. The Morgan fingerprint density at radius 3 is 2.82 bits per heavy atom. The Hall–Kier alpha value is -2.54. The number of aromatic nitrogens is 2. The van der Waals surface area contributed by atoms with Gasteiger partial charge in [0, 0.05) is 23.9 Å². The number of nitrogens with one attached hydrogen (secondary N) is 1. The third-order valence-corrected chi connectivity index (χ3v) is 4.54. The van der Waals surface area contributed by atoms with E-state index in [4.69, 9.17) is 0 Å². The molecule has 0 saturated heterocycles. The Labute approximate surface area is 128 Å². The van der Waals surface area contributed by atoms with E-state index in [1.807, 2.05) is 0 Å². The summed E-state index contributed by atoms with van der Waals surface area (Å²) < 4.78 is 14.8. The summed E-state index contributed by atoms with van der Waals surface area (Å²) in [5, 5.41) is 4.56. The van der Waals surface area contributed by atoms with Crippen LogP contribution >= 0.6 is 11.3 Å². The summed E-state index contributed by atoms with van der Waals surface area (Å²) in [5.74, 6) is -0.484. The van der Waals surface area contributed by atoms with Crippen LogP contribution in [0.15, 0.2) is 40.6 Å². The van der Waals surface area contributed by atoms with Gasteiger partial charge in [-0.25, -0.2) is 4.39 Å². The molecule has 7 heteroatoms. The molecule has 1 amide bonds. The predicted molar refractivity (Wildman–Crippen MR) is 80.8 cm³/mol. The molecule has 22 heavy (non-hydrogen) atoms. The Morgan fingerprint density at radius 2 is 2.05 bits per heavy atom. The topological polar surface area (TPSA) is 63.5 Å². The van der Waals surface area contributed by atoms with Crippen LogP contribution in [0.2, 0.25) is 0 Å². The maximum atomic E-state index is 13.1. The van der Waals surface area contributed by atoms with Crippen LogP contribution in [0.5, 0.6) is 0 Å². The molecule has 1 atom stereocenters. The van der Waals surface area contributed by atoms with Crippen molar-refractivity contribution in [1.82, 2.24) is 9.38 Å². The molecular formula is C15H10FN3O2S. The third-order valence-electron chi connectivity index (χ3n) is 3.78. The van der Waals surface area contributed by atoms with Gasteiger partial charge in [-0.15, -0.1) is 11.3 Å². The number of halogens is 1. The molecule has 1 aliphatic heterocycles. The molecule has 3 aromatic rings. The maximum absolute atomic E-state index is 13.1. The molecule has 1 aliphatic rings. The lowest BCUT2D eigenvalue weighted by Crippen LogP contribution is -2.31. The van der Waals surface area contributed by atoms with Gasteiger partial charge < -0.3 is 5.32 Å². The van der Waals surface area contributed by atoms with Crippen molar-refractivity contribution < 1.29 is 9.18 Å². The third kappa shape index (κ3) is 1.93. The zero-order valence-corrected chi connectivity index (χ0v) is 12.1. The van der Waals surface area contributed by atoms with Gasteiger partial charge in [0.25, 0.3) is 5.56 Å². The number of carbonyl (C=O) groups excluding carboxylic acids is 1. The SMILES string of the molecule is O=C1C[C@@H](c2ccc(F)cc2)c2c(n3ccsc3nc2=O)N1. The fourth-order valence-corrected chi connectivity index (χ4v) is 3.50. The fourth-order valence-electron chi connectivity index (χ4n) is 2.79. The molecule has 110 valence electrons. The standard InChI is InChI=1S/C15H10FN3O2S/c16-9-3-1-8(2-4-9)10-7-11(20)17-13-12(10)14(21)18-15-19(13)5-6-22-15/h1-6,10H,7H2,(H,17,20)/t10-/m0/s1. The Balaban J connectivity index is 1.99. The van der Waals surface area contributed by atoms with Crippen LogP contribution < -0.4 is 10.9 Å². The van der Waals surface area contributed by atoms with Crippen molar-refractivity contribution in [1.29, 1.82) is 0 Å². The van der Waals surface area contributed by atoms with Gasteiger partial charge >= 0.3 is 0 Å². The Kier molecular flexibility index (Phi) is 2.83. The number of fused-ring (bicyclic) bond motifs is 3. The van der Waals surface area contributed by atoms with Crippen LogP contribution in [0.1, 0.15) is 23.5 Å². The molecule has 4 rings (SSSR count). The quantitative estimate of drug-likeness (QED) is 0.750. The molecule has 0 radical (unpaired) electrons. The molecule has 3 heterocycles. The number of hydrogen-bond acceptors (Lipinski definition) is 4. The lowest BCUT2D eigenvalue weighted by Gasteiger charge is -2.25. The lowest BCUT2D eigenvalue weighted by molar-refractivity contribution is -0.116. The molecule has 0 saturated carbocycles. The molecule has 0 fully saturated rings. The Bertz CT molecular complexity index is 946. The highest BCUT2D eigenvalue weighted by molar-refractivity contribution is 7.15. The number of thiazole rings is 1. The van der Waals surface area contributed by atoms with Crippen molar-refractivity contribution in [3.05, 3.63) is 63.1 Å². The normalized spacial score (nSPS) is 17.3. The van der Waals surface area contributed by atoms with Crippen LogP contribution in [0.25, 0.3) is 4.96 Å². The van der Waals surface area contributed by atoms with E-state index < -0.39 is 5.92 Å². The first-order chi connectivity index (χ1) is 10.6. The van der Waals surface area contributed by atoms with Gasteiger partial charge in [0.1, 0.15) is 11.6 Å². The van der Waals surface area contributed by atoms with Gasteiger partial charge in [-0.1, -0.05) is 12.1 Å². The molecule has 0 spiro atoms. The molecular weight excluding hydrogens is 305 g/mol. The molecule has 0 unspecified atom stereocenters. The van der Waals surface area contributed by atoms with Gasteiger partial charge in [0.2, 0.25) is 5.91 Å². The highest BCUT2D eigenvalue weighted by Gasteiger charge is 2.31. The summed E-state index contributed by atoms with van der Waals surface area (Å²) in [6, 6.07) is 5.86. The molecule has 0 aliphatic carbocycles. The summed E-state index contributed by atoms with van der Waals surface area (Å²) >= 11 is 1.33. The van der Waals surface area contributed by atoms with Crippen molar-refractivity contribution in [3.63, 3.8) is 0 Å². The van der Waals surface area contributed by atoms with Gasteiger partial charge in [0.05, 0.1) is 5.56 Å². The number of rotatable bonds is 1. The summed E-state index contributed by atoms with van der Waals surface area (Å²) in [4.78, 5) is 29.0. The van der Waals surface area contributed by atoms with Crippen LogP contribution in [-0.4, -0.2) is 15.3 Å². The zero-order chi connectivity index (χ0) is 15.3. The highest BCUT2D eigenvalue weighted by atomic mass is 32.1.